The van der Waals surface area contributed by atoms with Crippen molar-refractivity contribution in [3.05, 3.63) is 71.5 Å². The number of carbonyl (C=O) groups is 1. The molecule has 1 aliphatic rings. The first-order valence-corrected chi connectivity index (χ1v) is 8.14. The first kappa shape index (κ1) is 16.6. The van der Waals surface area contributed by atoms with Crippen LogP contribution in [0, 0.1) is 5.82 Å². The summed E-state index contributed by atoms with van der Waals surface area (Å²) in [7, 11) is 0. The van der Waals surface area contributed by atoms with Gasteiger partial charge < -0.3 is 10.1 Å². The number of rotatable bonds is 5. The smallest absolute Gasteiger partial charge is 0.251 e. The van der Waals surface area contributed by atoms with Gasteiger partial charge in [-0.1, -0.05) is 30.3 Å². The number of halogens is 1. The Balaban J connectivity index is 1.73. The Morgan fingerprint density at radius 3 is 2.58 bits per heavy atom. The lowest BCUT2D eigenvalue weighted by molar-refractivity contribution is 0.0162. The molecule has 1 heterocycles. The average Bonchev–Trinajstić information content (AvgIpc) is 2.63. The maximum absolute atomic E-state index is 13.6. The highest BCUT2D eigenvalue weighted by Crippen LogP contribution is 2.22. The first-order valence-electron chi connectivity index (χ1n) is 8.14. The summed E-state index contributed by atoms with van der Waals surface area (Å²) in [6.07, 6.45) is 0. The number of morpholine rings is 1. The molecule has 5 heteroatoms. The Labute approximate surface area is 141 Å². The summed E-state index contributed by atoms with van der Waals surface area (Å²) >= 11 is 0. The van der Waals surface area contributed by atoms with E-state index in [0.29, 0.717) is 25.3 Å². The monoisotopic (exact) mass is 328 g/mol. The number of hydrogen-bond donors (Lipinski definition) is 1. The van der Waals surface area contributed by atoms with Crippen molar-refractivity contribution in [1.82, 2.24) is 10.2 Å². The van der Waals surface area contributed by atoms with Crippen molar-refractivity contribution in [1.29, 1.82) is 0 Å². The van der Waals surface area contributed by atoms with Gasteiger partial charge in [-0.15, -0.1) is 0 Å². The summed E-state index contributed by atoms with van der Waals surface area (Å²) in [5.41, 5.74) is 1.49. The van der Waals surface area contributed by atoms with E-state index in [1.807, 2.05) is 24.3 Å². The molecule has 0 aliphatic carbocycles. The number of ether oxygens (including phenoxy) is 1. The SMILES string of the molecule is O=C(NC[C@H](c1cccc(F)c1)N1CCOCC1)c1ccccc1. The van der Waals surface area contributed by atoms with Gasteiger partial charge in [-0.2, -0.15) is 0 Å². The summed E-state index contributed by atoms with van der Waals surface area (Å²) in [4.78, 5) is 14.5. The standard InChI is InChI=1S/C19H21FN2O2/c20-17-8-4-7-16(13-17)18(22-9-11-24-12-10-22)14-21-19(23)15-5-2-1-3-6-15/h1-8,13,18H,9-12,14H2,(H,21,23)/t18-/m1/s1. The minimum Gasteiger partial charge on any atom is -0.379 e. The highest BCUT2D eigenvalue weighted by atomic mass is 19.1. The summed E-state index contributed by atoms with van der Waals surface area (Å²) in [5, 5.41) is 2.97. The predicted molar refractivity (Wildman–Crippen MR) is 90.3 cm³/mol. The van der Waals surface area contributed by atoms with E-state index < -0.39 is 0 Å². The lowest BCUT2D eigenvalue weighted by Crippen LogP contribution is -2.43. The molecule has 0 bridgehead atoms. The number of benzene rings is 2. The molecule has 3 rings (SSSR count). The van der Waals surface area contributed by atoms with Crippen LogP contribution in [0.25, 0.3) is 0 Å². The van der Waals surface area contributed by atoms with Crippen molar-refractivity contribution >= 4 is 5.91 Å². The van der Waals surface area contributed by atoms with Gasteiger partial charge in [0, 0.05) is 25.2 Å². The van der Waals surface area contributed by atoms with Crippen LogP contribution in [0.15, 0.2) is 54.6 Å². The number of amides is 1. The lowest BCUT2D eigenvalue weighted by atomic mass is 10.0. The fourth-order valence-electron chi connectivity index (χ4n) is 2.94. The molecule has 2 aromatic carbocycles. The average molecular weight is 328 g/mol. The zero-order valence-electron chi connectivity index (χ0n) is 13.5. The minimum atomic E-state index is -0.264. The van der Waals surface area contributed by atoms with E-state index in [-0.39, 0.29) is 17.8 Å². The molecule has 0 aromatic heterocycles. The number of carbonyl (C=O) groups excluding carboxylic acids is 1. The van der Waals surface area contributed by atoms with Crippen molar-refractivity contribution in [2.75, 3.05) is 32.8 Å². The van der Waals surface area contributed by atoms with Crippen molar-refractivity contribution < 1.29 is 13.9 Å². The highest BCUT2D eigenvalue weighted by Gasteiger charge is 2.23. The summed E-state index contributed by atoms with van der Waals surface area (Å²) < 4.78 is 19.0. The number of nitrogens with zero attached hydrogens (tertiary/aromatic N) is 1. The lowest BCUT2D eigenvalue weighted by Gasteiger charge is -2.35. The maximum atomic E-state index is 13.6. The van der Waals surface area contributed by atoms with Gasteiger partial charge >= 0.3 is 0 Å². The highest BCUT2D eigenvalue weighted by molar-refractivity contribution is 5.94. The number of nitrogens with one attached hydrogen (secondary N) is 1. The Hall–Kier alpha value is -2.24. The topological polar surface area (TPSA) is 41.6 Å². The van der Waals surface area contributed by atoms with Crippen molar-refractivity contribution in [2.24, 2.45) is 0 Å². The van der Waals surface area contributed by atoms with Crippen LogP contribution in [0.4, 0.5) is 4.39 Å². The van der Waals surface area contributed by atoms with Gasteiger partial charge in [-0.25, -0.2) is 4.39 Å². The second-order valence-electron chi connectivity index (χ2n) is 5.80. The molecule has 4 nitrogen and oxygen atoms in total. The van der Waals surface area contributed by atoms with Crippen molar-refractivity contribution in [3.8, 4) is 0 Å². The molecule has 1 fully saturated rings. The molecule has 1 atom stereocenters. The molecule has 1 aliphatic heterocycles. The third kappa shape index (κ3) is 4.19. The second-order valence-corrected chi connectivity index (χ2v) is 5.80. The number of hydrogen-bond acceptors (Lipinski definition) is 3. The fourth-order valence-corrected chi connectivity index (χ4v) is 2.94. The fraction of sp³-hybridized carbons (Fsp3) is 0.316. The molecule has 0 saturated carbocycles. The molecule has 1 N–H and O–H groups in total. The molecule has 1 amide bonds. The zero-order valence-corrected chi connectivity index (χ0v) is 13.5. The second kappa shape index (κ2) is 8.04. The van der Waals surface area contributed by atoms with Crippen LogP contribution in [0.3, 0.4) is 0 Å². The van der Waals surface area contributed by atoms with Crippen LogP contribution < -0.4 is 5.32 Å². The minimum absolute atomic E-state index is 0.0720. The van der Waals surface area contributed by atoms with E-state index in [9.17, 15) is 9.18 Å². The van der Waals surface area contributed by atoms with Crippen LogP contribution in [0.2, 0.25) is 0 Å². The van der Waals surface area contributed by atoms with E-state index in [2.05, 4.69) is 10.2 Å². The van der Waals surface area contributed by atoms with E-state index in [0.717, 1.165) is 18.7 Å². The van der Waals surface area contributed by atoms with Crippen LogP contribution in [-0.2, 0) is 4.74 Å². The van der Waals surface area contributed by atoms with Crippen molar-refractivity contribution in [2.45, 2.75) is 6.04 Å². The van der Waals surface area contributed by atoms with E-state index in [1.165, 1.54) is 12.1 Å². The molecule has 126 valence electrons. The molecular formula is C19H21FN2O2. The van der Waals surface area contributed by atoms with Gasteiger partial charge in [0.25, 0.3) is 5.91 Å². The third-order valence-electron chi connectivity index (χ3n) is 4.21. The van der Waals surface area contributed by atoms with E-state index >= 15 is 0 Å². The Morgan fingerprint density at radius 2 is 1.88 bits per heavy atom. The van der Waals surface area contributed by atoms with E-state index in [4.69, 9.17) is 4.74 Å². The van der Waals surface area contributed by atoms with E-state index in [1.54, 1.807) is 18.2 Å². The molecule has 0 unspecified atom stereocenters. The Kier molecular flexibility index (Phi) is 5.56. The molecule has 1 saturated heterocycles. The molecule has 24 heavy (non-hydrogen) atoms. The Morgan fingerprint density at radius 1 is 1.12 bits per heavy atom. The maximum Gasteiger partial charge on any atom is 0.251 e. The van der Waals surface area contributed by atoms with Gasteiger partial charge in [0.05, 0.1) is 19.3 Å². The third-order valence-corrected chi connectivity index (χ3v) is 4.21. The normalized spacial score (nSPS) is 16.5. The van der Waals surface area contributed by atoms with Crippen LogP contribution in [-0.4, -0.2) is 43.7 Å². The largest absolute Gasteiger partial charge is 0.379 e. The predicted octanol–water partition coefficient (Wildman–Crippen LogP) is 2.63. The first-order chi connectivity index (χ1) is 11.7. The summed E-state index contributed by atoms with van der Waals surface area (Å²) in [6, 6.07) is 15.6. The van der Waals surface area contributed by atoms with Gasteiger partial charge in [0.15, 0.2) is 0 Å². The molecule has 0 radical (unpaired) electrons. The molecule has 2 aromatic rings. The van der Waals surface area contributed by atoms with Gasteiger partial charge in [-0.3, -0.25) is 9.69 Å². The van der Waals surface area contributed by atoms with Crippen LogP contribution >= 0.6 is 0 Å². The molecule has 0 spiro atoms. The van der Waals surface area contributed by atoms with Crippen LogP contribution in [0.1, 0.15) is 22.0 Å². The van der Waals surface area contributed by atoms with Gasteiger partial charge in [-0.05, 0) is 29.8 Å². The van der Waals surface area contributed by atoms with Crippen LogP contribution in [0.5, 0.6) is 0 Å². The zero-order chi connectivity index (χ0) is 16.8. The van der Waals surface area contributed by atoms with Gasteiger partial charge in [0.1, 0.15) is 5.82 Å². The quantitative estimate of drug-likeness (QED) is 0.917. The summed E-state index contributed by atoms with van der Waals surface area (Å²) in [5.74, 6) is -0.384. The Bertz CT molecular complexity index is 672. The summed E-state index contributed by atoms with van der Waals surface area (Å²) in [6.45, 7) is 3.26. The van der Waals surface area contributed by atoms with Gasteiger partial charge in [0.2, 0.25) is 0 Å². The van der Waals surface area contributed by atoms with Crippen molar-refractivity contribution in [3.63, 3.8) is 0 Å². The molecular weight excluding hydrogens is 307 g/mol.